The van der Waals surface area contributed by atoms with Crippen molar-refractivity contribution in [3.05, 3.63) is 66.4 Å². The topological polar surface area (TPSA) is 94.8 Å². The summed E-state index contributed by atoms with van der Waals surface area (Å²) in [6.45, 7) is 4.23. The highest BCUT2D eigenvalue weighted by Crippen LogP contribution is 2.27. The van der Waals surface area contributed by atoms with Gasteiger partial charge in [0.1, 0.15) is 5.75 Å². The number of anilines is 1. The Morgan fingerprint density at radius 3 is 2.55 bits per heavy atom. The lowest BCUT2D eigenvalue weighted by Crippen LogP contribution is -2.13. The Morgan fingerprint density at radius 1 is 1.06 bits per heavy atom. The van der Waals surface area contributed by atoms with Gasteiger partial charge >= 0.3 is 0 Å². The van der Waals surface area contributed by atoms with E-state index in [-0.39, 0.29) is 4.90 Å². The molecule has 0 bridgehead atoms. The predicted molar refractivity (Wildman–Crippen MR) is 118 cm³/mol. The molecule has 8 nitrogen and oxygen atoms in total. The monoisotopic (exact) mass is 438 g/mol. The molecule has 0 atom stereocenters. The fourth-order valence-electron chi connectivity index (χ4n) is 3.09. The molecular weight excluding hydrogens is 416 g/mol. The Kier molecular flexibility index (Phi) is 5.51. The molecule has 2 heterocycles. The van der Waals surface area contributed by atoms with Crippen molar-refractivity contribution in [3.8, 4) is 22.9 Å². The number of benzene rings is 2. The van der Waals surface area contributed by atoms with Crippen LogP contribution in [0.15, 0.2) is 65.7 Å². The van der Waals surface area contributed by atoms with Crippen molar-refractivity contribution in [2.24, 2.45) is 0 Å². The van der Waals surface area contributed by atoms with Gasteiger partial charge in [-0.3, -0.25) is 4.72 Å². The van der Waals surface area contributed by atoms with Crippen molar-refractivity contribution in [1.82, 2.24) is 14.6 Å². The maximum atomic E-state index is 12.9. The van der Waals surface area contributed by atoms with E-state index in [0.717, 1.165) is 11.1 Å². The number of sulfonamides is 1. The van der Waals surface area contributed by atoms with Gasteiger partial charge in [0.15, 0.2) is 5.65 Å². The van der Waals surface area contributed by atoms with Crippen LogP contribution in [0, 0.1) is 6.92 Å². The summed E-state index contributed by atoms with van der Waals surface area (Å²) < 4.78 is 40.6. The Bertz CT molecular complexity index is 1330. The van der Waals surface area contributed by atoms with Gasteiger partial charge in [0, 0.05) is 11.6 Å². The summed E-state index contributed by atoms with van der Waals surface area (Å²) in [6, 6.07) is 15.4. The van der Waals surface area contributed by atoms with E-state index in [1.807, 2.05) is 26.0 Å². The first-order valence-electron chi connectivity index (χ1n) is 9.67. The molecule has 0 aliphatic rings. The van der Waals surface area contributed by atoms with Gasteiger partial charge in [-0.05, 0) is 55.8 Å². The number of methoxy groups -OCH3 is 1. The minimum absolute atomic E-state index is 0.157. The Morgan fingerprint density at radius 2 is 1.84 bits per heavy atom. The van der Waals surface area contributed by atoms with Gasteiger partial charge in [0.2, 0.25) is 5.88 Å². The van der Waals surface area contributed by atoms with E-state index in [0.29, 0.717) is 35.3 Å². The fraction of sp³-hybridized carbons (Fsp3) is 0.182. The molecule has 0 saturated heterocycles. The van der Waals surface area contributed by atoms with Crippen molar-refractivity contribution < 1.29 is 17.9 Å². The summed E-state index contributed by atoms with van der Waals surface area (Å²) in [4.78, 5) is 4.72. The zero-order valence-electron chi connectivity index (χ0n) is 17.4. The van der Waals surface area contributed by atoms with Crippen LogP contribution in [-0.2, 0) is 10.0 Å². The second kappa shape index (κ2) is 8.27. The molecule has 2 aromatic heterocycles. The number of hydrogen-bond donors (Lipinski definition) is 1. The van der Waals surface area contributed by atoms with Gasteiger partial charge in [0.05, 0.1) is 36.2 Å². The molecule has 4 rings (SSSR count). The Labute approximate surface area is 180 Å². The lowest BCUT2D eigenvalue weighted by Gasteiger charge is -2.12. The van der Waals surface area contributed by atoms with Crippen LogP contribution in [0.25, 0.3) is 16.9 Å². The molecule has 160 valence electrons. The molecule has 0 amide bonds. The van der Waals surface area contributed by atoms with Crippen molar-refractivity contribution in [2.45, 2.75) is 18.7 Å². The van der Waals surface area contributed by atoms with Crippen molar-refractivity contribution in [1.29, 1.82) is 0 Å². The van der Waals surface area contributed by atoms with Gasteiger partial charge in [-0.1, -0.05) is 12.1 Å². The molecule has 1 N–H and O–H groups in total. The normalized spacial score (nSPS) is 11.5. The molecule has 2 aromatic carbocycles. The number of fused-ring (bicyclic) bond motifs is 1. The molecule has 0 unspecified atom stereocenters. The molecule has 0 aliphatic heterocycles. The third-order valence-electron chi connectivity index (χ3n) is 4.73. The lowest BCUT2D eigenvalue weighted by atomic mass is 10.1. The predicted octanol–water partition coefficient (Wildman–Crippen LogP) is 3.91. The maximum Gasteiger partial charge on any atom is 0.261 e. The summed E-state index contributed by atoms with van der Waals surface area (Å²) in [5.74, 6) is 1.10. The first-order valence-corrected chi connectivity index (χ1v) is 11.1. The van der Waals surface area contributed by atoms with Gasteiger partial charge < -0.3 is 9.47 Å². The number of aromatic nitrogens is 3. The van der Waals surface area contributed by atoms with Gasteiger partial charge in [-0.15, -0.1) is 5.10 Å². The minimum Gasteiger partial charge on any atom is -0.494 e. The highest BCUT2D eigenvalue weighted by Gasteiger charge is 2.17. The van der Waals surface area contributed by atoms with E-state index in [4.69, 9.17) is 9.47 Å². The van der Waals surface area contributed by atoms with E-state index in [2.05, 4.69) is 14.8 Å². The molecular formula is C22H22N4O4S. The summed E-state index contributed by atoms with van der Waals surface area (Å²) in [5.41, 5.74) is 3.37. The molecule has 0 aliphatic carbocycles. The van der Waals surface area contributed by atoms with Crippen LogP contribution in [0.1, 0.15) is 12.5 Å². The van der Waals surface area contributed by atoms with Crippen LogP contribution in [0.4, 0.5) is 5.69 Å². The summed E-state index contributed by atoms with van der Waals surface area (Å²) in [6.07, 6.45) is 1.77. The van der Waals surface area contributed by atoms with Crippen molar-refractivity contribution >= 4 is 21.4 Å². The van der Waals surface area contributed by atoms with Crippen molar-refractivity contribution in [3.63, 3.8) is 0 Å². The number of rotatable bonds is 7. The van der Waals surface area contributed by atoms with E-state index in [1.54, 1.807) is 48.2 Å². The first kappa shape index (κ1) is 20.7. The maximum absolute atomic E-state index is 12.9. The quantitative estimate of drug-likeness (QED) is 0.470. The number of nitrogens with one attached hydrogen (secondary N) is 1. The first-order chi connectivity index (χ1) is 14.9. The number of imidazole rings is 1. The van der Waals surface area contributed by atoms with Crippen LogP contribution in [0.2, 0.25) is 0 Å². The largest absolute Gasteiger partial charge is 0.494 e. The zero-order valence-corrected chi connectivity index (χ0v) is 18.2. The summed E-state index contributed by atoms with van der Waals surface area (Å²) in [5, 5.41) is 4.31. The minimum atomic E-state index is -3.76. The van der Waals surface area contributed by atoms with Crippen LogP contribution in [0.5, 0.6) is 11.6 Å². The molecule has 4 aromatic rings. The van der Waals surface area contributed by atoms with Crippen molar-refractivity contribution in [2.75, 3.05) is 18.4 Å². The van der Waals surface area contributed by atoms with Crippen LogP contribution >= 0.6 is 0 Å². The van der Waals surface area contributed by atoms with Crippen LogP contribution in [-0.4, -0.2) is 36.7 Å². The van der Waals surface area contributed by atoms with Crippen LogP contribution < -0.4 is 14.2 Å². The van der Waals surface area contributed by atoms with Gasteiger partial charge in [-0.2, -0.15) is 0 Å². The number of aryl methyl sites for hydroxylation is 1. The fourth-order valence-corrected chi connectivity index (χ4v) is 4.21. The van der Waals surface area contributed by atoms with Gasteiger partial charge in [0.25, 0.3) is 10.0 Å². The van der Waals surface area contributed by atoms with E-state index < -0.39 is 10.0 Å². The number of nitrogens with zero attached hydrogens (tertiary/aromatic N) is 3. The second-order valence-corrected chi connectivity index (χ2v) is 8.53. The molecule has 9 heteroatoms. The average molecular weight is 439 g/mol. The van der Waals surface area contributed by atoms with Crippen LogP contribution in [0.3, 0.4) is 0 Å². The second-order valence-electron chi connectivity index (χ2n) is 6.84. The lowest BCUT2D eigenvalue weighted by molar-refractivity contribution is 0.340. The molecule has 0 fully saturated rings. The highest BCUT2D eigenvalue weighted by molar-refractivity contribution is 7.92. The Balaban J connectivity index is 1.65. The van der Waals surface area contributed by atoms with E-state index >= 15 is 0 Å². The van der Waals surface area contributed by atoms with E-state index in [1.165, 1.54) is 12.1 Å². The zero-order chi connectivity index (χ0) is 22.0. The SMILES string of the molecule is CCOc1ccc(S(=O)(=O)Nc2cc(-c3cn4nc(OC)ccc4n3)ccc2C)cc1. The molecule has 31 heavy (non-hydrogen) atoms. The number of ether oxygens (including phenoxy) is 2. The summed E-state index contributed by atoms with van der Waals surface area (Å²) in [7, 11) is -2.21. The van der Waals surface area contributed by atoms with Gasteiger partial charge in [-0.25, -0.2) is 17.9 Å². The molecule has 0 spiro atoms. The molecule has 0 radical (unpaired) electrons. The molecule has 0 saturated carbocycles. The number of hydrogen-bond acceptors (Lipinski definition) is 6. The highest BCUT2D eigenvalue weighted by atomic mass is 32.2. The van der Waals surface area contributed by atoms with E-state index in [9.17, 15) is 8.42 Å². The smallest absolute Gasteiger partial charge is 0.261 e. The standard InChI is InChI=1S/C22H22N4O4S/c1-4-30-17-7-9-18(10-8-17)31(27,28)25-19-13-16(6-5-15(19)2)20-14-26-21(23-20)11-12-22(24-26)29-3/h5-14,25H,4H2,1-3H3. The third kappa shape index (κ3) is 4.31. The summed E-state index contributed by atoms with van der Waals surface area (Å²) >= 11 is 0. The third-order valence-corrected chi connectivity index (χ3v) is 6.11. The average Bonchev–Trinajstić information content (AvgIpc) is 3.19. The Hall–Kier alpha value is -3.59.